The first-order chi connectivity index (χ1) is 12.1. The predicted molar refractivity (Wildman–Crippen MR) is 92.3 cm³/mol. The number of nitrogens with one attached hydrogen (secondary N) is 1. The number of hydrazone groups is 1. The molecule has 6 heteroatoms. The zero-order chi connectivity index (χ0) is 17.8. The monoisotopic (exact) mass is 332 g/mol. The molecule has 2 aromatic rings. The Morgan fingerprint density at radius 1 is 1.12 bits per heavy atom. The fourth-order valence-electron chi connectivity index (χ4n) is 3.08. The zero-order valence-corrected chi connectivity index (χ0v) is 13.3. The number of Topliss-reactive ketones (excluding diaryl/α,β-unsaturated/α-hetero) is 1. The standard InChI is InChI=1S/C19H16N4O2/c20-11-14(17(24)13-9-5-2-6-10-13)15(12-7-3-1-4-8-12)16-18(21)22-23-19(16)25/h1-10,14-16H,(H2,21,22)(H,23,25). The van der Waals surface area contributed by atoms with Crippen LogP contribution in [0.1, 0.15) is 21.8 Å². The van der Waals surface area contributed by atoms with Crippen LogP contribution in [0.15, 0.2) is 65.8 Å². The molecule has 0 aromatic heterocycles. The van der Waals surface area contributed by atoms with Gasteiger partial charge in [-0.3, -0.25) is 9.59 Å². The summed E-state index contributed by atoms with van der Waals surface area (Å²) in [5.74, 6) is -3.31. The van der Waals surface area contributed by atoms with Crippen LogP contribution in [0.4, 0.5) is 0 Å². The third-order valence-corrected chi connectivity index (χ3v) is 4.28. The molecular formula is C19H16N4O2. The van der Waals surface area contributed by atoms with Gasteiger partial charge in [-0.2, -0.15) is 10.4 Å². The molecule has 3 N–H and O–H groups in total. The number of hydrogen-bond donors (Lipinski definition) is 2. The van der Waals surface area contributed by atoms with Crippen LogP contribution in [0.25, 0.3) is 0 Å². The average Bonchev–Trinajstić information content (AvgIpc) is 2.99. The topological polar surface area (TPSA) is 108 Å². The lowest BCUT2D eigenvalue weighted by molar-refractivity contribution is -0.122. The van der Waals surface area contributed by atoms with Crippen molar-refractivity contribution in [1.82, 2.24) is 5.43 Å². The van der Waals surface area contributed by atoms with E-state index < -0.39 is 23.7 Å². The van der Waals surface area contributed by atoms with Gasteiger partial charge < -0.3 is 5.73 Å². The maximum Gasteiger partial charge on any atom is 0.251 e. The van der Waals surface area contributed by atoms with Crippen molar-refractivity contribution in [3.8, 4) is 6.07 Å². The number of nitrogens with two attached hydrogens (primary N) is 1. The van der Waals surface area contributed by atoms with Crippen molar-refractivity contribution < 1.29 is 9.59 Å². The van der Waals surface area contributed by atoms with E-state index >= 15 is 0 Å². The van der Waals surface area contributed by atoms with Crippen LogP contribution in [0.2, 0.25) is 0 Å². The molecule has 0 aliphatic carbocycles. The molecular weight excluding hydrogens is 316 g/mol. The molecule has 3 atom stereocenters. The van der Waals surface area contributed by atoms with Gasteiger partial charge in [0.15, 0.2) is 5.78 Å². The summed E-state index contributed by atoms with van der Waals surface area (Å²) in [7, 11) is 0. The third-order valence-electron chi connectivity index (χ3n) is 4.28. The van der Waals surface area contributed by atoms with E-state index in [0.29, 0.717) is 11.1 Å². The van der Waals surface area contributed by atoms with Crippen molar-refractivity contribution in [1.29, 1.82) is 5.26 Å². The molecule has 0 fully saturated rings. The van der Waals surface area contributed by atoms with E-state index in [1.165, 1.54) is 0 Å². The summed E-state index contributed by atoms with van der Waals surface area (Å²) in [6.45, 7) is 0. The van der Waals surface area contributed by atoms with Crippen LogP contribution >= 0.6 is 0 Å². The van der Waals surface area contributed by atoms with Gasteiger partial charge in [0.05, 0.1) is 6.07 Å². The lowest BCUT2D eigenvalue weighted by atomic mass is 9.74. The molecule has 1 amide bonds. The Balaban J connectivity index is 2.07. The summed E-state index contributed by atoms with van der Waals surface area (Å²) in [4.78, 5) is 25.2. The number of carbonyl (C=O) groups is 2. The average molecular weight is 332 g/mol. The van der Waals surface area contributed by atoms with Crippen LogP contribution in [0, 0.1) is 23.2 Å². The lowest BCUT2D eigenvalue weighted by Gasteiger charge is -2.25. The van der Waals surface area contributed by atoms with Gasteiger partial charge in [0, 0.05) is 11.5 Å². The van der Waals surface area contributed by atoms with Crippen LogP contribution in [-0.2, 0) is 4.79 Å². The molecule has 3 rings (SSSR count). The van der Waals surface area contributed by atoms with Crippen molar-refractivity contribution in [2.45, 2.75) is 5.92 Å². The molecule has 0 saturated heterocycles. The molecule has 0 bridgehead atoms. The molecule has 1 aliphatic heterocycles. The second kappa shape index (κ2) is 6.97. The highest BCUT2D eigenvalue weighted by atomic mass is 16.2. The molecule has 2 aromatic carbocycles. The highest BCUT2D eigenvalue weighted by molar-refractivity contribution is 6.08. The van der Waals surface area contributed by atoms with E-state index in [9.17, 15) is 14.9 Å². The molecule has 6 nitrogen and oxygen atoms in total. The number of amides is 1. The number of nitrogens with zero attached hydrogens (tertiary/aromatic N) is 2. The molecule has 0 radical (unpaired) electrons. The van der Waals surface area contributed by atoms with Crippen LogP contribution in [0.3, 0.4) is 0 Å². The van der Waals surface area contributed by atoms with Gasteiger partial charge in [0.1, 0.15) is 17.7 Å². The molecule has 3 unspecified atom stereocenters. The third kappa shape index (κ3) is 3.12. The fourth-order valence-corrected chi connectivity index (χ4v) is 3.08. The van der Waals surface area contributed by atoms with E-state index in [1.54, 1.807) is 54.6 Å². The first-order valence-corrected chi connectivity index (χ1v) is 7.80. The van der Waals surface area contributed by atoms with Crippen molar-refractivity contribution >= 4 is 17.5 Å². The number of nitriles is 1. The summed E-state index contributed by atoms with van der Waals surface area (Å²) < 4.78 is 0. The number of benzene rings is 2. The smallest absolute Gasteiger partial charge is 0.251 e. The van der Waals surface area contributed by atoms with Crippen molar-refractivity contribution in [2.75, 3.05) is 0 Å². The van der Waals surface area contributed by atoms with Crippen LogP contribution in [0.5, 0.6) is 0 Å². The molecule has 0 spiro atoms. The van der Waals surface area contributed by atoms with E-state index in [2.05, 4.69) is 16.6 Å². The Kier molecular flexibility index (Phi) is 4.57. The summed E-state index contributed by atoms with van der Waals surface area (Å²) in [5.41, 5.74) is 9.33. The summed E-state index contributed by atoms with van der Waals surface area (Å²) >= 11 is 0. The summed E-state index contributed by atoms with van der Waals surface area (Å²) in [6, 6.07) is 19.6. The molecule has 1 heterocycles. The maximum absolute atomic E-state index is 12.9. The number of carbonyl (C=O) groups excluding carboxylic acids is 2. The summed E-state index contributed by atoms with van der Waals surface area (Å²) in [6.07, 6.45) is 0. The van der Waals surface area contributed by atoms with Gasteiger partial charge in [-0.25, -0.2) is 5.43 Å². The first kappa shape index (κ1) is 16.4. The number of ketones is 1. The minimum absolute atomic E-state index is 0.0833. The van der Waals surface area contributed by atoms with Gasteiger partial charge in [-0.1, -0.05) is 60.7 Å². The van der Waals surface area contributed by atoms with Gasteiger partial charge >= 0.3 is 0 Å². The first-order valence-electron chi connectivity index (χ1n) is 7.80. The fraction of sp³-hybridized carbons (Fsp3) is 0.158. The largest absolute Gasteiger partial charge is 0.385 e. The van der Waals surface area contributed by atoms with Gasteiger partial charge in [-0.05, 0) is 5.56 Å². The Hall–Kier alpha value is -3.46. The Labute approximate surface area is 145 Å². The minimum atomic E-state index is -1.06. The molecule has 124 valence electrons. The summed E-state index contributed by atoms with van der Waals surface area (Å²) in [5, 5.41) is 13.5. The van der Waals surface area contributed by atoms with Gasteiger partial charge in [0.25, 0.3) is 5.91 Å². The predicted octanol–water partition coefficient (Wildman–Crippen LogP) is 1.81. The number of amidine groups is 1. The van der Waals surface area contributed by atoms with E-state index in [-0.39, 0.29) is 11.6 Å². The van der Waals surface area contributed by atoms with E-state index in [0.717, 1.165) is 0 Å². The quantitative estimate of drug-likeness (QED) is 0.814. The molecule has 0 saturated carbocycles. The highest BCUT2D eigenvalue weighted by Crippen LogP contribution is 2.36. The second-order valence-corrected chi connectivity index (χ2v) is 5.76. The Morgan fingerprint density at radius 2 is 1.72 bits per heavy atom. The number of rotatable bonds is 5. The Bertz CT molecular complexity index is 856. The van der Waals surface area contributed by atoms with Gasteiger partial charge in [-0.15, -0.1) is 0 Å². The Morgan fingerprint density at radius 3 is 2.24 bits per heavy atom. The van der Waals surface area contributed by atoms with Crippen molar-refractivity contribution in [2.24, 2.45) is 22.7 Å². The van der Waals surface area contributed by atoms with Crippen molar-refractivity contribution in [3.05, 3.63) is 71.8 Å². The van der Waals surface area contributed by atoms with Gasteiger partial charge in [0.2, 0.25) is 0 Å². The SMILES string of the molecule is N#CC(C(=O)c1ccccc1)C(c1ccccc1)C1C(=O)NN=C1N. The molecule has 1 aliphatic rings. The van der Waals surface area contributed by atoms with Crippen LogP contribution < -0.4 is 11.2 Å². The second-order valence-electron chi connectivity index (χ2n) is 5.76. The lowest BCUT2D eigenvalue weighted by Crippen LogP contribution is -2.38. The van der Waals surface area contributed by atoms with Crippen LogP contribution in [-0.4, -0.2) is 17.5 Å². The van der Waals surface area contributed by atoms with Crippen molar-refractivity contribution in [3.63, 3.8) is 0 Å². The normalized spacial score (nSPS) is 18.6. The maximum atomic E-state index is 12.9. The minimum Gasteiger partial charge on any atom is -0.385 e. The number of hydrogen-bond acceptors (Lipinski definition) is 5. The molecule has 25 heavy (non-hydrogen) atoms. The highest BCUT2D eigenvalue weighted by Gasteiger charge is 2.43. The van der Waals surface area contributed by atoms with E-state index in [1.807, 2.05) is 6.07 Å². The van der Waals surface area contributed by atoms with E-state index in [4.69, 9.17) is 5.73 Å². The zero-order valence-electron chi connectivity index (χ0n) is 13.3.